The molecule has 0 amide bonds. The van der Waals surface area contributed by atoms with E-state index in [-0.39, 0.29) is 6.61 Å². The molecule has 0 aromatic heterocycles. The van der Waals surface area contributed by atoms with Crippen molar-refractivity contribution in [3.8, 4) is 0 Å². The van der Waals surface area contributed by atoms with Crippen LogP contribution in [0, 0.1) is 6.61 Å². The Kier molecular flexibility index (Phi) is 4.50. The highest BCUT2D eigenvalue weighted by atomic mass is 16.5. The van der Waals surface area contributed by atoms with E-state index in [2.05, 4.69) is 11.9 Å². The van der Waals surface area contributed by atoms with Gasteiger partial charge in [0.05, 0.1) is 12.6 Å². The Morgan fingerprint density at radius 1 is 1.50 bits per heavy atom. The molecular formula is C9H16NO4. The zero-order valence-electron chi connectivity index (χ0n) is 7.84. The van der Waals surface area contributed by atoms with Crippen LogP contribution >= 0.6 is 0 Å². The molecule has 4 N–H and O–H groups in total. The van der Waals surface area contributed by atoms with Gasteiger partial charge in [0.15, 0.2) is 0 Å². The van der Waals surface area contributed by atoms with Gasteiger partial charge in [-0.1, -0.05) is 6.08 Å². The van der Waals surface area contributed by atoms with Crippen LogP contribution in [0.25, 0.3) is 0 Å². The molecule has 5 heteroatoms. The Balaban J connectivity index is 2.53. The van der Waals surface area contributed by atoms with Gasteiger partial charge in [0.25, 0.3) is 0 Å². The second-order valence-electron chi connectivity index (χ2n) is 3.20. The Bertz CT molecular complexity index is 188. The van der Waals surface area contributed by atoms with Crippen LogP contribution in [0.15, 0.2) is 12.7 Å². The van der Waals surface area contributed by atoms with Gasteiger partial charge in [0.1, 0.15) is 24.9 Å². The summed E-state index contributed by atoms with van der Waals surface area (Å²) in [6, 6.07) is -0.529. The van der Waals surface area contributed by atoms with E-state index in [1.54, 1.807) is 6.08 Å². The first kappa shape index (κ1) is 11.6. The molecule has 1 rings (SSSR count). The normalized spacial score (nSPS) is 38.2. The Hall–Kier alpha value is -0.460. The van der Waals surface area contributed by atoms with Gasteiger partial charge >= 0.3 is 0 Å². The quantitative estimate of drug-likeness (QED) is 0.413. The van der Waals surface area contributed by atoms with E-state index in [4.69, 9.17) is 9.84 Å². The summed E-state index contributed by atoms with van der Waals surface area (Å²) < 4.78 is 4.92. The van der Waals surface area contributed by atoms with Gasteiger partial charge in [-0.25, -0.2) is 0 Å². The zero-order valence-corrected chi connectivity index (χ0v) is 7.84. The van der Waals surface area contributed by atoms with E-state index in [0.29, 0.717) is 6.54 Å². The number of ether oxygens (including phenoxy) is 1. The number of rotatable bonds is 4. The third kappa shape index (κ3) is 2.52. The van der Waals surface area contributed by atoms with Crippen molar-refractivity contribution >= 4 is 0 Å². The molecule has 1 saturated heterocycles. The standard InChI is InChI=1S/C9H16NO4/c1-2-3-10-8-6(12)5-14-7(4-11)9(8)13/h2,5-13H,1,3-4H2. The van der Waals surface area contributed by atoms with E-state index in [1.165, 1.54) is 6.61 Å². The highest BCUT2D eigenvalue weighted by Gasteiger charge is 2.38. The molecule has 14 heavy (non-hydrogen) atoms. The molecule has 0 bridgehead atoms. The minimum absolute atomic E-state index is 0.281. The topological polar surface area (TPSA) is 82.0 Å². The predicted molar refractivity (Wildman–Crippen MR) is 50.3 cm³/mol. The maximum atomic E-state index is 9.66. The summed E-state index contributed by atoms with van der Waals surface area (Å²) in [6.45, 7) is 4.93. The summed E-state index contributed by atoms with van der Waals surface area (Å²) in [5, 5.41) is 30.9. The van der Waals surface area contributed by atoms with Crippen molar-refractivity contribution < 1.29 is 20.1 Å². The molecule has 1 aliphatic heterocycles. The summed E-state index contributed by atoms with van der Waals surface area (Å²) in [6.07, 6.45) is -0.864. The minimum atomic E-state index is -0.931. The molecule has 1 heterocycles. The number of hydrogen-bond donors (Lipinski definition) is 4. The highest BCUT2D eigenvalue weighted by Crippen LogP contribution is 2.17. The predicted octanol–water partition coefficient (Wildman–Crippen LogP) is -1.59. The lowest BCUT2D eigenvalue weighted by molar-refractivity contribution is -0.123. The SMILES string of the molecule is C=CCNC1C(O)[CH]OC(CO)C1O. The Morgan fingerprint density at radius 3 is 2.79 bits per heavy atom. The van der Waals surface area contributed by atoms with E-state index < -0.39 is 24.4 Å². The lowest BCUT2D eigenvalue weighted by Gasteiger charge is -2.37. The van der Waals surface area contributed by atoms with Crippen molar-refractivity contribution in [3.63, 3.8) is 0 Å². The maximum Gasteiger partial charge on any atom is 0.114 e. The van der Waals surface area contributed by atoms with E-state index in [1.807, 2.05) is 0 Å². The van der Waals surface area contributed by atoms with Crippen molar-refractivity contribution in [3.05, 3.63) is 19.3 Å². The second kappa shape index (κ2) is 5.43. The minimum Gasteiger partial charge on any atom is -0.394 e. The van der Waals surface area contributed by atoms with Crippen LogP contribution in [0.2, 0.25) is 0 Å². The van der Waals surface area contributed by atoms with Gasteiger partial charge in [0.2, 0.25) is 0 Å². The lowest BCUT2D eigenvalue weighted by Crippen LogP contribution is -2.58. The first-order valence-corrected chi connectivity index (χ1v) is 4.50. The van der Waals surface area contributed by atoms with Crippen molar-refractivity contribution in [2.24, 2.45) is 0 Å². The third-order valence-electron chi connectivity index (χ3n) is 2.19. The molecule has 0 aromatic carbocycles. The number of aliphatic hydroxyl groups is 3. The highest BCUT2D eigenvalue weighted by molar-refractivity contribution is 4.97. The average molecular weight is 202 g/mol. The van der Waals surface area contributed by atoms with Crippen LogP contribution in [-0.4, -0.2) is 52.8 Å². The third-order valence-corrected chi connectivity index (χ3v) is 2.19. The largest absolute Gasteiger partial charge is 0.394 e. The van der Waals surface area contributed by atoms with Gasteiger partial charge in [0, 0.05) is 6.54 Å². The summed E-state index contributed by atoms with van der Waals surface area (Å²) in [5.41, 5.74) is 0. The van der Waals surface area contributed by atoms with Crippen LogP contribution in [0.1, 0.15) is 0 Å². The second-order valence-corrected chi connectivity index (χ2v) is 3.20. The molecular weight excluding hydrogens is 186 g/mol. The van der Waals surface area contributed by atoms with Crippen LogP contribution in [0.3, 0.4) is 0 Å². The maximum absolute atomic E-state index is 9.66. The zero-order chi connectivity index (χ0) is 10.6. The molecule has 0 aliphatic carbocycles. The molecule has 4 atom stereocenters. The van der Waals surface area contributed by atoms with E-state index in [9.17, 15) is 10.2 Å². The monoisotopic (exact) mass is 202 g/mol. The van der Waals surface area contributed by atoms with E-state index >= 15 is 0 Å². The molecule has 4 unspecified atom stereocenters. The van der Waals surface area contributed by atoms with Crippen molar-refractivity contribution in [1.82, 2.24) is 5.32 Å². The average Bonchev–Trinajstić information content (AvgIpc) is 2.18. The van der Waals surface area contributed by atoms with Crippen LogP contribution < -0.4 is 5.32 Å². The van der Waals surface area contributed by atoms with Crippen LogP contribution in [0.4, 0.5) is 0 Å². The molecule has 0 spiro atoms. The Morgan fingerprint density at radius 2 is 2.21 bits per heavy atom. The molecule has 1 radical (unpaired) electrons. The summed E-state index contributed by atoms with van der Waals surface area (Å²) in [5.74, 6) is 0. The Labute approximate surface area is 83.0 Å². The van der Waals surface area contributed by atoms with Gasteiger partial charge in [-0.05, 0) is 0 Å². The number of aliphatic hydroxyl groups excluding tert-OH is 3. The van der Waals surface area contributed by atoms with Crippen LogP contribution in [0.5, 0.6) is 0 Å². The summed E-state index contributed by atoms with van der Waals surface area (Å²) in [7, 11) is 0. The fourth-order valence-corrected chi connectivity index (χ4v) is 1.39. The van der Waals surface area contributed by atoms with Crippen molar-refractivity contribution in [2.75, 3.05) is 13.2 Å². The molecule has 0 saturated carbocycles. The van der Waals surface area contributed by atoms with Crippen molar-refractivity contribution in [2.45, 2.75) is 24.4 Å². The first-order chi connectivity index (χ1) is 6.70. The molecule has 1 aliphatic rings. The van der Waals surface area contributed by atoms with Crippen molar-refractivity contribution in [1.29, 1.82) is 0 Å². The fourth-order valence-electron chi connectivity index (χ4n) is 1.39. The first-order valence-electron chi connectivity index (χ1n) is 4.50. The molecule has 5 nitrogen and oxygen atoms in total. The van der Waals surface area contributed by atoms with Gasteiger partial charge < -0.3 is 25.4 Å². The van der Waals surface area contributed by atoms with Gasteiger partial charge in [-0.3, -0.25) is 0 Å². The number of nitrogens with one attached hydrogen (secondary N) is 1. The van der Waals surface area contributed by atoms with Crippen LogP contribution in [-0.2, 0) is 4.74 Å². The van der Waals surface area contributed by atoms with Gasteiger partial charge in [-0.15, -0.1) is 6.58 Å². The molecule has 0 aromatic rings. The molecule has 81 valence electrons. The van der Waals surface area contributed by atoms with E-state index in [0.717, 1.165) is 0 Å². The molecule has 1 fully saturated rings. The summed E-state index contributed by atoms with van der Waals surface area (Å²) >= 11 is 0. The lowest BCUT2D eigenvalue weighted by atomic mass is 9.97. The van der Waals surface area contributed by atoms with Gasteiger partial charge in [-0.2, -0.15) is 0 Å². The smallest absolute Gasteiger partial charge is 0.114 e. The summed E-state index contributed by atoms with van der Waals surface area (Å²) in [4.78, 5) is 0. The fraction of sp³-hybridized carbons (Fsp3) is 0.667. The number of hydrogen-bond acceptors (Lipinski definition) is 5.